The largest absolute Gasteiger partial charge is 0.387 e. The lowest BCUT2D eigenvalue weighted by Gasteiger charge is -2.22. The molecule has 0 bridgehead atoms. The maximum Gasteiger partial charge on any atom is 0.267 e. The van der Waals surface area contributed by atoms with Gasteiger partial charge in [-0.2, -0.15) is 8.42 Å². The zero-order valence-electron chi connectivity index (χ0n) is 34.8. The van der Waals surface area contributed by atoms with Gasteiger partial charge in [0.25, 0.3) is 10.1 Å². The van der Waals surface area contributed by atoms with Crippen molar-refractivity contribution in [1.82, 2.24) is 5.32 Å². The van der Waals surface area contributed by atoms with Crippen LogP contribution in [-0.4, -0.2) is 53.1 Å². The van der Waals surface area contributed by atoms with Gasteiger partial charge >= 0.3 is 0 Å². The minimum absolute atomic E-state index is 0.278. The third kappa shape index (κ3) is 38.8. The van der Waals surface area contributed by atoms with E-state index in [1.54, 1.807) is 6.08 Å². The summed E-state index contributed by atoms with van der Waals surface area (Å²) in [5, 5.41) is 23.4. The summed E-state index contributed by atoms with van der Waals surface area (Å²) in [5.74, 6) is -1.55. The van der Waals surface area contributed by atoms with Crippen LogP contribution in [0.1, 0.15) is 232 Å². The number of carbonyl (C=O) groups excluding carboxylic acids is 1. The van der Waals surface area contributed by atoms with E-state index in [9.17, 15) is 28.0 Å². The first-order chi connectivity index (χ1) is 25.7. The normalized spacial score (nSPS) is 14.0. The van der Waals surface area contributed by atoms with Crippen LogP contribution in [0.3, 0.4) is 0 Å². The van der Waals surface area contributed by atoms with Crippen molar-refractivity contribution in [2.45, 2.75) is 250 Å². The first-order valence-electron chi connectivity index (χ1n) is 22.6. The van der Waals surface area contributed by atoms with Crippen molar-refractivity contribution in [2.75, 3.05) is 5.75 Å². The third-order valence-electron chi connectivity index (χ3n) is 10.5. The topological polar surface area (TPSA) is 124 Å². The van der Waals surface area contributed by atoms with Crippen LogP contribution >= 0.6 is 0 Å². The molecule has 8 heteroatoms. The molecule has 0 aromatic heterocycles. The van der Waals surface area contributed by atoms with E-state index >= 15 is 0 Å². The molecule has 0 aromatic carbocycles. The molecule has 0 saturated carbocycles. The molecule has 0 aliphatic rings. The molecule has 314 valence electrons. The van der Waals surface area contributed by atoms with Crippen molar-refractivity contribution >= 4 is 16.0 Å². The summed E-state index contributed by atoms with van der Waals surface area (Å²) in [7, 11) is -4.45. The smallest absolute Gasteiger partial charge is 0.267 e. The maximum absolute atomic E-state index is 12.6. The Morgan fingerprint density at radius 2 is 0.849 bits per heavy atom. The van der Waals surface area contributed by atoms with Gasteiger partial charge in [0.05, 0.1) is 17.9 Å². The highest BCUT2D eigenvalue weighted by molar-refractivity contribution is 7.85. The number of aliphatic hydroxyl groups excluding tert-OH is 2. The Bertz CT molecular complexity index is 953. The lowest BCUT2D eigenvalue weighted by Crippen LogP contribution is -2.50. The molecule has 3 unspecified atom stereocenters. The predicted octanol–water partition coefficient (Wildman–Crippen LogP) is 12.5. The highest BCUT2D eigenvalue weighted by Gasteiger charge is 2.27. The number of nitrogens with one attached hydrogen (secondary N) is 1. The maximum atomic E-state index is 12.6. The zero-order valence-corrected chi connectivity index (χ0v) is 35.6. The number of allylic oxidation sites excluding steroid dienone is 3. The zero-order chi connectivity index (χ0) is 39.1. The minimum Gasteiger partial charge on any atom is -0.387 e. The molecule has 53 heavy (non-hydrogen) atoms. The molecule has 0 saturated heterocycles. The summed E-state index contributed by atoms with van der Waals surface area (Å²) < 4.78 is 32.6. The first-order valence-corrected chi connectivity index (χ1v) is 24.3. The van der Waals surface area contributed by atoms with Crippen LogP contribution in [0.15, 0.2) is 24.3 Å². The lowest BCUT2D eigenvalue weighted by molar-refractivity contribution is -0.130. The summed E-state index contributed by atoms with van der Waals surface area (Å²) >= 11 is 0. The molecule has 0 heterocycles. The Hall–Kier alpha value is -1.22. The van der Waals surface area contributed by atoms with Gasteiger partial charge in [0, 0.05) is 0 Å². The number of aliphatic hydroxyl groups is 2. The molecule has 4 N–H and O–H groups in total. The van der Waals surface area contributed by atoms with Gasteiger partial charge in [-0.05, 0) is 32.1 Å². The summed E-state index contributed by atoms with van der Waals surface area (Å²) in [6, 6.07) is -1.25. The van der Waals surface area contributed by atoms with Gasteiger partial charge in [-0.15, -0.1) is 0 Å². The van der Waals surface area contributed by atoms with Gasteiger partial charge in [-0.25, -0.2) is 0 Å². The van der Waals surface area contributed by atoms with E-state index in [0.717, 1.165) is 32.1 Å². The summed E-state index contributed by atoms with van der Waals surface area (Å²) in [6.07, 6.45) is 46.7. The summed E-state index contributed by atoms with van der Waals surface area (Å²) in [4.78, 5) is 12.6. The van der Waals surface area contributed by atoms with E-state index in [2.05, 4.69) is 31.3 Å². The molecular weight excluding hydrogens is 683 g/mol. The van der Waals surface area contributed by atoms with Gasteiger partial charge in [-0.3, -0.25) is 9.35 Å². The molecular formula is C45H87NO6S. The monoisotopic (exact) mass is 770 g/mol. The Morgan fingerprint density at radius 3 is 1.25 bits per heavy atom. The van der Waals surface area contributed by atoms with E-state index in [0.29, 0.717) is 12.8 Å². The number of unbranched alkanes of at least 4 members (excludes halogenated alkanes) is 30. The fourth-order valence-electron chi connectivity index (χ4n) is 7.00. The first kappa shape index (κ1) is 51.8. The van der Waals surface area contributed by atoms with Crippen LogP contribution in [0.2, 0.25) is 0 Å². The van der Waals surface area contributed by atoms with Gasteiger partial charge < -0.3 is 15.5 Å². The molecule has 0 rings (SSSR count). The van der Waals surface area contributed by atoms with E-state index in [-0.39, 0.29) is 6.42 Å². The second-order valence-electron chi connectivity index (χ2n) is 15.8. The average molecular weight is 770 g/mol. The average Bonchev–Trinajstić information content (AvgIpc) is 3.12. The van der Waals surface area contributed by atoms with Crippen LogP contribution in [-0.2, 0) is 14.9 Å². The SMILES string of the molecule is CCCCCCCCCCCCCCCC/C=C/CC/C=C/C(O)C(CS(=O)(=O)O)NC(=O)C(O)CCCCCCCCCCCCCCCCCC. The van der Waals surface area contributed by atoms with Crippen molar-refractivity contribution in [3.05, 3.63) is 24.3 Å². The summed E-state index contributed by atoms with van der Waals surface area (Å²) in [6.45, 7) is 4.53. The molecule has 0 aromatic rings. The lowest BCUT2D eigenvalue weighted by atomic mass is 10.0. The van der Waals surface area contributed by atoms with Crippen molar-refractivity contribution in [1.29, 1.82) is 0 Å². The van der Waals surface area contributed by atoms with Crippen molar-refractivity contribution < 1.29 is 28.0 Å². The Labute approximate surface area is 328 Å². The van der Waals surface area contributed by atoms with Gasteiger partial charge in [0.2, 0.25) is 5.91 Å². The number of amides is 1. The second-order valence-corrected chi connectivity index (χ2v) is 17.3. The van der Waals surface area contributed by atoms with Crippen LogP contribution in [0.5, 0.6) is 0 Å². The number of rotatable bonds is 41. The Morgan fingerprint density at radius 1 is 0.509 bits per heavy atom. The second kappa shape index (κ2) is 39.0. The molecule has 0 radical (unpaired) electrons. The molecule has 7 nitrogen and oxygen atoms in total. The third-order valence-corrected chi connectivity index (χ3v) is 11.3. The van der Waals surface area contributed by atoms with Gasteiger partial charge in [0.15, 0.2) is 0 Å². The Kier molecular flexibility index (Phi) is 38.1. The van der Waals surface area contributed by atoms with Gasteiger partial charge in [-0.1, -0.05) is 224 Å². The fraction of sp³-hybridized carbons (Fsp3) is 0.889. The molecule has 0 aliphatic heterocycles. The highest BCUT2D eigenvalue weighted by Crippen LogP contribution is 2.16. The van der Waals surface area contributed by atoms with E-state index in [1.807, 2.05) is 0 Å². The highest BCUT2D eigenvalue weighted by atomic mass is 32.2. The Balaban J connectivity index is 4.00. The number of carbonyl (C=O) groups is 1. The molecule has 3 atom stereocenters. The molecule has 0 spiro atoms. The van der Waals surface area contributed by atoms with Crippen LogP contribution < -0.4 is 5.32 Å². The van der Waals surface area contributed by atoms with Crippen LogP contribution in [0.4, 0.5) is 0 Å². The molecule has 0 fully saturated rings. The van der Waals surface area contributed by atoms with Gasteiger partial charge in [0.1, 0.15) is 6.10 Å². The minimum atomic E-state index is -4.45. The molecule has 1 amide bonds. The molecule has 0 aliphatic carbocycles. The van der Waals surface area contributed by atoms with Crippen molar-refractivity contribution in [3.8, 4) is 0 Å². The van der Waals surface area contributed by atoms with E-state index < -0.39 is 40.0 Å². The summed E-state index contributed by atoms with van der Waals surface area (Å²) in [5.41, 5.74) is 0. The quantitative estimate of drug-likeness (QED) is 0.0279. The van der Waals surface area contributed by atoms with Crippen molar-refractivity contribution in [3.63, 3.8) is 0 Å². The van der Waals surface area contributed by atoms with Crippen LogP contribution in [0, 0.1) is 0 Å². The predicted molar refractivity (Wildman–Crippen MR) is 227 cm³/mol. The van der Waals surface area contributed by atoms with E-state index in [4.69, 9.17) is 0 Å². The number of hydrogen-bond donors (Lipinski definition) is 4. The van der Waals surface area contributed by atoms with E-state index in [1.165, 1.54) is 173 Å². The fourth-order valence-corrected chi connectivity index (χ4v) is 7.74. The van der Waals surface area contributed by atoms with Crippen molar-refractivity contribution in [2.24, 2.45) is 0 Å². The van der Waals surface area contributed by atoms with Crippen LogP contribution in [0.25, 0.3) is 0 Å². The standard InChI is InChI=1S/C45H87NO6S/c1-3-5-7-9-11-13-15-17-19-21-22-23-24-26-27-29-31-33-35-37-39-43(47)42(41-53(50,51)52)46-45(49)44(48)40-38-36-34-32-30-28-25-20-18-16-14-12-10-8-6-4-2/h29,31,37,39,42-44,47-48H,3-28,30,32-36,38,40-41H2,1-2H3,(H,46,49)(H,50,51,52)/b31-29+,39-37+. The number of hydrogen-bond acceptors (Lipinski definition) is 5.